The molecule has 31 heavy (non-hydrogen) atoms. The van der Waals surface area contributed by atoms with E-state index >= 15 is 0 Å². The van der Waals surface area contributed by atoms with Crippen LogP contribution >= 0.6 is 0 Å². The minimum atomic E-state index is -3.84. The predicted molar refractivity (Wildman–Crippen MR) is 117 cm³/mol. The number of benzene rings is 2. The number of rotatable bonds is 5. The summed E-state index contributed by atoms with van der Waals surface area (Å²) in [6.07, 6.45) is 0. The average Bonchev–Trinajstić information content (AvgIpc) is 3.11. The second kappa shape index (κ2) is 8.40. The van der Waals surface area contributed by atoms with Gasteiger partial charge < -0.3 is 9.64 Å². The van der Waals surface area contributed by atoms with Gasteiger partial charge in [-0.3, -0.25) is 4.90 Å². The number of methoxy groups -OCH3 is 1. The van der Waals surface area contributed by atoms with Crippen molar-refractivity contribution in [3.8, 4) is 5.75 Å². The third kappa shape index (κ3) is 4.56. The summed E-state index contributed by atoms with van der Waals surface area (Å²) in [7, 11) is -5.81. The molecule has 0 aromatic heterocycles. The van der Waals surface area contributed by atoms with E-state index in [1.807, 2.05) is 4.90 Å². The lowest BCUT2D eigenvalue weighted by Crippen LogP contribution is -2.55. The molecule has 2 heterocycles. The van der Waals surface area contributed by atoms with E-state index in [-0.39, 0.29) is 22.2 Å². The van der Waals surface area contributed by atoms with E-state index < -0.39 is 31.0 Å². The Bertz CT molecular complexity index is 1130. The second-order valence-electron chi connectivity index (χ2n) is 7.90. The summed E-state index contributed by atoms with van der Waals surface area (Å²) in [6, 6.07) is 11.7. The first-order valence-corrected chi connectivity index (χ1v) is 13.4. The highest BCUT2D eigenvalue weighted by molar-refractivity contribution is 7.96. The molecule has 7 nitrogen and oxygen atoms in total. The summed E-state index contributed by atoms with van der Waals surface area (Å²) in [6.45, 7) is 2.29. The molecule has 0 N–H and O–H groups in total. The van der Waals surface area contributed by atoms with Crippen LogP contribution in [0.5, 0.6) is 5.75 Å². The second-order valence-corrected chi connectivity index (χ2v) is 12.2. The Hall–Kier alpha value is -2.17. The molecule has 2 aliphatic rings. The minimum absolute atomic E-state index is 0.102. The molecule has 2 atom stereocenters. The van der Waals surface area contributed by atoms with Gasteiger partial charge in [-0.15, -0.1) is 0 Å². The van der Waals surface area contributed by atoms with Crippen LogP contribution in [0.25, 0.3) is 0 Å². The Labute approximate surface area is 182 Å². The molecule has 0 radical (unpaired) electrons. The van der Waals surface area contributed by atoms with Gasteiger partial charge in [0.2, 0.25) is 0 Å². The maximum absolute atomic E-state index is 13.3. The van der Waals surface area contributed by atoms with Crippen LogP contribution in [0.3, 0.4) is 0 Å². The zero-order chi connectivity index (χ0) is 22.2. The summed E-state index contributed by atoms with van der Waals surface area (Å²) in [4.78, 5) is 4.16. The molecule has 0 aliphatic carbocycles. The molecule has 0 spiro atoms. The van der Waals surface area contributed by atoms with Gasteiger partial charge >= 0.3 is 0 Å². The number of anilines is 1. The van der Waals surface area contributed by atoms with Gasteiger partial charge in [-0.05, 0) is 48.5 Å². The van der Waals surface area contributed by atoms with Crippen molar-refractivity contribution in [2.45, 2.75) is 16.2 Å². The smallest absolute Gasteiger partial charge is 0.183 e. The highest BCUT2D eigenvalue weighted by Gasteiger charge is 2.48. The third-order valence-electron chi connectivity index (χ3n) is 6.03. The molecule has 10 heteroatoms. The number of ether oxygens (including phenoxy) is 1. The van der Waals surface area contributed by atoms with Crippen LogP contribution in [0.15, 0.2) is 53.4 Å². The summed E-state index contributed by atoms with van der Waals surface area (Å²) in [5.41, 5.74) is 0.891. The highest BCUT2D eigenvalue weighted by atomic mass is 32.2. The normalized spacial score (nSPS) is 24.3. The van der Waals surface area contributed by atoms with Crippen molar-refractivity contribution in [3.63, 3.8) is 0 Å². The minimum Gasteiger partial charge on any atom is -0.497 e. The Morgan fingerprint density at radius 1 is 0.935 bits per heavy atom. The van der Waals surface area contributed by atoms with Crippen molar-refractivity contribution >= 4 is 25.4 Å². The van der Waals surface area contributed by atoms with Gasteiger partial charge in [0.25, 0.3) is 0 Å². The summed E-state index contributed by atoms with van der Waals surface area (Å²) >= 11 is 0. The fourth-order valence-corrected chi connectivity index (χ4v) is 9.17. The van der Waals surface area contributed by atoms with Crippen LogP contribution in [-0.4, -0.2) is 77.8 Å². The van der Waals surface area contributed by atoms with Crippen LogP contribution in [0, 0.1) is 5.82 Å². The number of hydrogen-bond donors (Lipinski definition) is 0. The number of piperazine rings is 1. The van der Waals surface area contributed by atoms with E-state index in [0.29, 0.717) is 31.9 Å². The molecule has 2 aromatic rings. The van der Waals surface area contributed by atoms with E-state index in [1.165, 1.54) is 31.4 Å². The molecule has 2 fully saturated rings. The molecule has 2 unspecified atom stereocenters. The highest BCUT2D eigenvalue weighted by Crippen LogP contribution is 2.31. The zero-order valence-electron chi connectivity index (χ0n) is 17.1. The molecule has 2 aromatic carbocycles. The standard InChI is InChI=1S/C21H25FN2O5S2/c1-29-18-6-8-19(9-7-18)31(27,28)21-15-30(25,26)14-20(21)24-12-10-23(11-13-24)17-4-2-16(22)3-5-17/h2-9,20-21H,10-15H2,1H3. The monoisotopic (exact) mass is 468 g/mol. The van der Waals surface area contributed by atoms with Crippen molar-refractivity contribution in [3.05, 3.63) is 54.3 Å². The molecular formula is C21H25FN2O5S2. The maximum Gasteiger partial charge on any atom is 0.183 e. The zero-order valence-corrected chi connectivity index (χ0v) is 18.8. The van der Waals surface area contributed by atoms with Gasteiger partial charge in [-0.25, -0.2) is 21.2 Å². The van der Waals surface area contributed by atoms with Crippen LogP contribution in [-0.2, 0) is 19.7 Å². The van der Waals surface area contributed by atoms with E-state index in [4.69, 9.17) is 4.74 Å². The molecule has 2 saturated heterocycles. The summed E-state index contributed by atoms with van der Waals surface area (Å²) < 4.78 is 69.8. The topological polar surface area (TPSA) is 84.0 Å². The Balaban J connectivity index is 1.53. The summed E-state index contributed by atoms with van der Waals surface area (Å²) in [5, 5.41) is -1.01. The molecule has 168 valence electrons. The lowest BCUT2D eigenvalue weighted by molar-refractivity contribution is 0.201. The van der Waals surface area contributed by atoms with Crippen molar-refractivity contribution in [2.75, 3.05) is 49.7 Å². The number of nitrogens with zero attached hydrogens (tertiary/aromatic N) is 2. The molecular weight excluding hydrogens is 443 g/mol. The van der Waals surface area contributed by atoms with Crippen LogP contribution in [0.1, 0.15) is 0 Å². The van der Waals surface area contributed by atoms with Crippen molar-refractivity contribution < 1.29 is 26.0 Å². The number of halogens is 1. The van der Waals surface area contributed by atoms with Crippen molar-refractivity contribution in [1.82, 2.24) is 4.90 Å². The lowest BCUT2D eigenvalue weighted by Gasteiger charge is -2.40. The Morgan fingerprint density at radius 2 is 1.55 bits per heavy atom. The predicted octanol–water partition coefficient (Wildman–Crippen LogP) is 1.60. The quantitative estimate of drug-likeness (QED) is 0.659. The van der Waals surface area contributed by atoms with E-state index in [2.05, 4.69) is 4.90 Å². The Kier molecular flexibility index (Phi) is 5.97. The Morgan fingerprint density at radius 3 is 2.13 bits per heavy atom. The van der Waals surface area contributed by atoms with Crippen molar-refractivity contribution in [1.29, 1.82) is 0 Å². The van der Waals surface area contributed by atoms with Gasteiger partial charge in [-0.1, -0.05) is 0 Å². The third-order valence-corrected chi connectivity index (χ3v) is 10.2. The van der Waals surface area contributed by atoms with Gasteiger partial charge in [0.05, 0.1) is 28.8 Å². The molecule has 2 aliphatic heterocycles. The summed E-state index contributed by atoms with van der Waals surface area (Å²) in [5.74, 6) is -0.301. The SMILES string of the molecule is COc1ccc(S(=O)(=O)C2CS(=O)(=O)CC2N2CCN(c3ccc(F)cc3)CC2)cc1. The number of sulfone groups is 2. The molecule has 4 rings (SSSR count). The molecule has 0 amide bonds. The van der Waals surface area contributed by atoms with Gasteiger partial charge in [0, 0.05) is 37.9 Å². The van der Waals surface area contributed by atoms with E-state index in [1.54, 1.807) is 24.3 Å². The lowest BCUT2D eigenvalue weighted by atomic mass is 10.1. The van der Waals surface area contributed by atoms with Crippen LogP contribution in [0.4, 0.5) is 10.1 Å². The average molecular weight is 469 g/mol. The largest absolute Gasteiger partial charge is 0.497 e. The molecule has 0 saturated carbocycles. The van der Waals surface area contributed by atoms with Crippen LogP contribution in [0.2, 0.25) is 0 Å². The molecule has 0 bridgehead atoms. The van der Waals surface area contributed by atoms with Gasteiger partial charge in [0.15, 0.2) is 19.7 Å². The fraction of sp³-hybridized carbons (Fsp3) is 0.429. The van der Waals surface area contributed by atoms with Gasteiger partial charge in [0.1, 0.15) is 11.6 Å². The van der Waals surface area contributed by atoms with Crippen molar-refractivity contribution in [2.24, 2.45) is 0 Å². The first kappa shape index (κ1) is 22.0. The first-order valence-electron chi connectivity index (χ1n) is 10.0. The van der Waals surface area contributed by atoms with Gasteiger partial charge in [-0.2, -0.15) is 0 Å². The first-order chi connectivity index (χ1) is 14.7. The van der Waals surface area contributed by atoms with Crippen LogP contribution < -0.4 is 9.64 Å². The van der Waals surface area contributed by atoms with E-state index in [0.717, 1.165) is 5.69 Å². The maximum atomic E-state index is 13.3. The fourth-order valence-electron chi connectivity index (χ4n) is 4.34. The number of hydrogen-bond acceptors (Lipinski definition) is 7. The van der Waals surface area contributed by atoms with E-state index in [9.17, 15) is 21.2 Å².